The Morgan fingerprint density at radius 1 is 1.10 bits per heavy atom. The summed E-state index contributed by atoms with van der Waals surface area (Å²) >= 11 is 4.67. The zero-order valence-corrected chi connectivity index (χ0v) is 13.3. The molecule has 0 saturated carbocycles. The van der Waals surface area contributed by atoms with Crippen molar-refractivity contribution in [2.24, 2.45) is 0 Å². The summed E-state index contributed by atoms with van der Waals surface area (Å²) in [6, 6.07) is 5.33. The minimum atomic E-state index is -0.208. The minimum Gasteiger partial charge on any atom is -0.235 e. The molecule has 0 bridgehead atoms. The summed E-state index contributed by atoms with van der Waals surface area (Å²) < 4.78 is 15.3. The van der Waals surface area contributed by atoms with Crippen molar-refractivity contribution in [3.05, 3.63) is 35.7 Å². The van der Waals surface area contributed by atoms with Crippen LogP contribution in [-0.4, -0.2) is 22.5 Å². The largest absolute Gasteiger partial charge is 0.235 e. The van der Waals surface area contributed by atoms with Crippen LogP contribution in [0.4, 0.5) is 4.39 Å². The Labute approximate surface area is 128 Å². The summed E-state index contributed by atoms with van der Waals surface area (Å²) in [5.74, 6) is -0.208. The van der Waals surface area contributed by atoms with Crippen LogP contribution in [0, 0.1) is 5.82 Å². The molecule has 0 spiro atoms. The number of hydrogen-bond acceptors (Lipinski definition) is 5. The first-order valence-electron chi connectivity index (χ1n) is 5.84. The van der Waals surface area contributed by atoms with Crippen molar-refractivity contribution in [3.63, 3.8) is 0 Å². The molecule has 0 radical (unpaired) electrons. The van der Waals surface area contributed by atoms with Crippen LogP contribution in [-0.2, 0) is 0 Å². The van der Waals surface area contributed by atoms with Crippen molar-refractivity contribution in [2.45, 2.75) is 9.92 Å². The number of benzene rings is 1. The lowest BCUT2D eigenvalue weighted by molar-refractivity contribution is 0.628. The number of nitrogens with zero attached hydrogens (tertiary/aromatic N) is 2. The maximum Gasteiger partial charge on any atom is 0.132 e. The van der Waals surface area contributed by atoms with Crippen LogP contribution in [0.5, 0.6) is 0 Å². The van der Waals surface area contributed by atoms with E-state index in [1.165, 1.54) is 11.8 Å². The van der Waals surface area contributed by atoms with Gasteiger partial charge in [-0.3, -0.25) is 0 Å². The molecule has 2 heterocycles. The molecule has 0 N–H and O–H groups in total. The Bertz CT molecular complexity index is 770. The van der Waals surface area contributed by atoms with Gasteiger partial charge in [0, 0.05) is 21.4 Å². The minimum absolute atomic E-state index is 0.208. The van der Waals surface area contributed by atoms with E-state index in [4.69, 9.17) is 0 Å². The molecule has 0 aliphatic rings. The Kier molecular flexibility index (Phi) is 3.96. The van der Waals surface area contributed by atoms with E-state index in [2.05, 4.69) is 9.97 Å². The molecule has 0 saturated heterocycles. The van der Waals surface area contributed by atoms with E-state index < -0.39 is 0 Å². The van der Waals surface area contributed by atoms with Crippen molar-refractivity contribution in [1.29, 1.82) is 0 Å². The fourth-order valence-electron chi connectivity index (χ4n) is 2.01. The maximum atomic E-state index is 14.3. The van der Waals surface area contributed by atoms with Crippen molar-refractivity contribution in [2.75, 3.05) is 12.5 Å². The van der Waals surface area contributed by atoms with E-state index in [0.717, 1.165) is 25.7 Å². The van der Waals surface area contributed by atoms with Gasteiger partial charge in [0.25, 0.3) is 0 Å². The van der Waals surface area contributed by atoms with Gasteiger partial charge in [0.2, 0.25) is 0 Å². The summed E-state index contributed by atoms with van der Waals surface area (Å²) in [6.45, 7) is 0. The lowest BCUT2D eigenvalue weighted by Crippen LogP contribution is -1.87. The van der Waals surface area contributed by atoms with E-state index in [1.54, 1.807) is 35.5 Å². The van der Waals surface area contributed by atoms with Crippen molar-refractivity contribution >= 4 is 45.1 Å². The number of aromatic nitrogens is 2. The summed E-state index contributed by atoms with van der Waals surface area (Å²) in [7, 11) is 0. The molecule has 1 aromatic carbocycles. The number of thioether (sulfide) groups is 2. The molecule has 0 amide bonds. The zero-order chi connectivity index (χ0) is 14.1. The van der Waals surface area contributed by atoms with E-state index in [1.807, 2.05) is 30.0 Å². The molecule has 3 rings (SSSR count). The monoisotopic (exact) mass is 322 g/mol. The van der Waals surface area contributed by atoms with Crippen LogP contribution in [0.15, 0.2) is 39.8 Å². The third kappa shape index (κ3) is 2.32. The third-order valence-corrected chi connectivity index (χ3v) is 5.51. The zero-order valence-electron chi connectivity index (χ0n) is 10.9. The lowest BCUT2D eigenvalue weighted by Gasteiger charge is -2.04. The molecule has 0 aliphatic heterocycles. The molecular weight excluding hydrogens is 311 g/mol. The SMILES string of the molecule is CSc1ccc(-c2csc3c(SC)ncnc23)c(F)c1. The predicted octanol–water partition coefficient (Wildman–Crippen LogP) is 4.94. The summed E-state index contributed by atoms with van der Waals surface area (Å²) in [6.07, 6.45) is 5.46. The van der Waals surface area contributed by atoms with Gasteiger partial charge >= 0.3 is 0 Å². The average molecular weight is 322 g/mol. The first kappa shape index (κ1) is 13.9. The fraction of sp³-hybridized carbons (Fsp3) is 0.143. The number of rotatable bonds is 3. The van der Waals surface area contributed by atoms with Gasteiger partial charge in [-0.1, -0.05) is 6.07 Å². The van der Waals surface area contributed by atoms with E-state index in [-0.39, 0.29) is 5.82 Å². The second-order valence-corrected chi connectivity index (χ2v) is 6.61. The molecule has 0 fully saturated rings. The number of halogens is 1. The Hall–Kier alpha value is -1.11. The summed E-state index contributed by atoms with van der Waals surface area (Å²) in [5, 5.41) is 2.89. The van der Waals surface area contributed by atoms with Crippen LogP contribution in [0.2, 0.25) is 0 Å². The Balaban J connectivity index is 2.20. The molecular formula is C14H11FN2S3. The number of hydrogen-bond donors (Lipinski definition) is 0. The van der Waals surface area contributed by atoms with Gasteiger partial charge in [0.05, 0.1) is 10.2 Å². The van der Waals surface area contributed by atoms with Crippen LogP contribution in [0.3, 0.4) is 0 Å². The molecule has 0 aliphatic carbocycles. The number of fused-ring (bicyclic) bond motifs is 1. The Morgan fingerprint density at radius 2 is 1.95 bits per heavy atom. The third-order valence-electron chi connectivity index (χ3n) is 2.98. The normalized spacial score (nSPS) is 11.2. The van der Waals surface area contributed by atoms with Gasteiger partial charge in [0.15, 0.2) is 0 Å². The molecule has 0 unspecified atom stereocenters. The highest BCUT2D eigenvalue weighted by Gasteiger charge is 2.14. The van der Waals surface area contributed by atoms with Gasteiger partial charge in [-0.05, 0) is 24.6 Å². The second kappa shape index (κ2) is 5.71. The van der Waals surface area contributed by atoms with Crippen LogP contribution in [0.1, 0.15) is 0 Å². The van der Waals surface area contributed by atoms with E-state index in [9.17, 15) is 4.39 Å². The maximum absolute atomic E-state index is 14.3. The highest BCUT2D eigenvalue weighted by molar-refractivity contribution is 7.99. The van der Waals surface area contributed by atoms with Crippen molar-refractivity contribution in [3.8, 4) is 11.1 Å². The smallest absolute Gasteiger partial charge is 0.132 e. The highest BCUT2D eigenvalue weighted by Crippen LogP contribution is 2.37. The first-order valence-corrected chi connectivity index (χ1v) is 9.17. The molecule has 2 nitrogen and oxygen atoms in total. The van der Waals surface area contributed by atoms with Crippen LogP contribution < -0.4 is 0 Å². The van der Waals surface area contributed by atoms with E-state index >= 15 is 0 Å². The highest BCUT2D eigenvalue weighted by atomic mass is 32.2. The first-order chi connectivity index (χ1) is 9.74. The van der Waals surface area contributed by atoms with Crippen LogP contribution in [0.25, 0.3) is 21.3 Å². The summed E-state index contributed by atoms with van der Waals surface area (Å²) in [4.78, 5) is 9.49. The molecule has 0 atom stereocenters. The van der Waals surface area contributed by atoms with Crippen molar-refractivity contribution < 1.29 is 4.39 Å². The Morgan fingerprint density at radius 3 is 2.65 bits per heavy atom. The standard InChI is InChI=1S/C14H11FN2S3/c1-18-8-3-4-9(11(15)5-8)10-6-20-13-12(10)16-7-17-14(13)19-2/h3-7H,1-2H3. The molecule has 20 heavy (non-hydrogen) atoms. The van der Waals surface area contributed by atoms with Crippen LogP contribution >= 0.6 is 34.9 Å². The van der Waals surface area contributed by atoms with Gasteiger partial charge in [-0.15, -0.1) is 34.9 Å². The van der Waals surface area contributed by atoms with Gasteiger partial charge in [-0.25, -0.2) is 14.4 Å². The van der Waals surface area contributed by atoms with E-state index in [0.29, 0.717) is 5.56 Å². The topological polar surface area (TPSA) is 25.8 Å². The number of thiophene rings is 1. The molecule has 3 aromatic rings. The van der Waals surface area contributed by atoms with Crippen molar-refractivity contribution in [1.82, 2.24) is 9.97 Å². The lowest BCUT2D eigenvalue weighted by atomic mass is 10.1. The second-order valence-electron chi connectivity index (χ2n) is 4.06. The predicted molar refractivity (Wildman–Crippen MR) is 86.4 cm³/mol. The van der Waals surface area contributed by atoms with Gasteiger partial charge in [-0.2, -0.15) is 0 Å². The molecule has 6 heteroatoms. The quantitative estimate of drug-likeness (QED) is 0.504. The summed E-state index contributed by atoms with van der Waals surface area (Å²) in [5.41, 5.74) is 2.26. The average Bonchev–Trinajstić information content (AvgIpc) is 2.90. The fourth-order valence-corrected chi connectivity index (χ4v) is 4.16. The molecule has 102 valence electrons. The van der Waals surface area contributed by atoms with Gasteiger partial charge in [0.1, 0.15) is 17.2 Å². The van der Waals surface area contributed by atoms with Gasteiger partial charge < -0.3 is 0 Å². The molecule has 2 aromatic heterocycles.